The van der Waals surface area contributed by atoms with Crippen molar-refractivity contribution in [2.75, 3.05) is 13.1 Å². The average Bonchev–Trinajstić information content (AvgIpc) is 2.05. The van der Waals surface area contributed by atoms with Gasteiger partial charge in [0.05, 0.1) is 12.6 Å². The summed E-state index contributed by atoms with van der Waals surface area (Å²) in [6.07, 6.45) is 1.41. The second-order valence-electron chi connectivity index (χ2n) is 2.89. The van der Waals surface area contributed by atoms with Crippen LogP contribution in [0.3, 0.4) is 0 Å². The van der Waals surface area contributed by atoms with Crippen molar-refractivity contribution in [1.82, 2.24) is 4.90 Å². The van der Waals surface area contributed by atoms with Crippen LogP contribution in [0.25, 0.3) is 0 Å². The maximum atomic E-state index is 10.8. The molecular formula is C9H16N2O2. The van der Waals surface area contributed by atoms with E-state index in [1.165, 1.54) is 0 Å². The minimum absolute atomic E-state index is 0.193. The maximum Gasteiger partial charge on any atom is 0.320 e. The third kappa shape index (κ3) is 3.90. The van der Waals surface area contributed by atoms with Gasteiger partial charge in [-0.2, -0.15) is 5.26 Å². The Balaban J connectivity index is 4.30. The predicted octanol–water partition coefficient (Wildman–Crippen LogP) is 1.09. The number of hydrogen-bond acceptors (Lipinski definition) is 3. The molecule has 0 aliphatic carbocycles. The Morgan fingerprint density at radius 1 is 1.62 bits per heavy atom. The minimum Gasteiger partial charge on any atom is -0.480 e. The summed E-state index contributed by atoms with van der Waals surface area (Å²) in [5.41, 5.74) is 0. The Kier molecular flexibility index (Phi) is 5.90. The number of carboxylic acids is 1. The van der Waals surface area contributed by atoms with Crippen LogP contribution in [0.4, 0.5) is 0 Å². The Hall–Kier alpha value is -1.08. The lowest BCUT2D eigenvalue weighted by Crippen LogP contribution is -2.41. The van der Waals surface area contributed by atoms with Crippen molar-refractivity contribution in [3.05, 3.63) is 0 Å². The van der Waals surface area contributed by atoms with Crippen LogP contribution in [0.15, 0.2) is 0 Å². The van der Waals surface area contributed by atoms with Gasteiger partial charge < -0.3 is 5.11 Å². The Morgan fingerprint density at radius 2 is 2.23 bits per heavy atom. The second kappa shape index (κ2) is 6.44. The summed E-state index contributed by atoms with van der Waals surface area (Å²) in [6.45, 7) is 4.65. The zero-order valence-electron chi connectivity index (χ0n) is 8.16. The van der Waals surface area contributed by atoms with Crippen molar-refractivity contribution in [3.8, 4) is 6.07 Å². The van der Waals surface area contributed by atoms with Gasteiger partial charge in [0, 0.05) is 0 Å². The molecule has 0 radical (unpaired) electrons. The van der Waals surface area contributed by atoms with Gasteiger partial charge in [-0.3, -0.25) is 9.69 Å². The fourth-order valence-electron chi connectivity index (χ4n) is 1.31. The lowest BCUT2D eigenvalue weighted by Gasteiger charge is -2.24. The first kappa shape index (κ1) is 11.9. The highest BCUT2D eigenvalue weighted by atomic mass is 16.4. The van der Waals surface area contributed by atoms with Gasteiger partial charge in [-0.15, -0.1) is 0 Å². The third-order valence-corrected chi connectivity index (χ3v) is 1.90. The molecule has 0 aromatic carbocycles. The summed E-state index contributed by atoms with van der Waals surface area (Å²) in [6, 6.07) is 1.47. The lowest BCUT2D eigenvalue weighted by molar-refractivity contribution is -0.143. The van der Waals surface area contributed by atoms with E-state index in [9.17, 15) is 4.79 Å². The molecule has 0 rings (SSSR count). The van der Waals surface area contributed by atoms with Crippen LogP contribution in [0, 0.1) is 11.3 Å². The van der Waals surface area contributed by atoms with Crippen LogP contribution >= 0.6 is 0 Å². The maximum absolute atomic E-state index is 10.8. The Bertz CT molecular complexity index is 198. The van der Waals surface area contributed by atoms with Gasteiger partial charge in [0.2, 0.25) is 0 Å². The van der Waals surface area contributed by atoms with Crippen molar-refractivity contribution >= 4 is 5.97 Å². The number of rotatable bonds is 6. The van der Waals surface area contributed by atoms with Crippen LogP contribution < -0.4 is 0 Å². The van der Waals surface area contributed by atoms with Crippen LogP contribution in [-0.2, 0) is 4.79 Å². The van der Waals surface area contributed by atoms with Gasteiger partial charge in [0.1, 0.15) is 6.04 Å². The molecule has 0 saturated heterocycles. The highest BCUT2D eigenvalue weighted by molar-refractivity contribution is 5.73. The van der Waals surface area contributed by atoms with E-state index in [2.05, 4.69) is 0 Å². The van der Waals surface area contributed by atoms with Crippen molar-refractivity contribution in [3.63, 3.8) is 0 Å². The molecule has 1 unspecified atom stereocenters. The summed E-state index contributed by atoms with van der Waals surface area (Å²) < 4.78 is 0. The van der Waals surface area contributed by atoms with E-state index in [0.717, 1.165) is 6.42 Å². The molecule has 4 nitrogen and oxygen atoms in total. The number of carboxylic acid groups (broad SMARTS) is 1. The molecule has 0 aliphatic rings. The fraction of sp³-hybridized carbons (Fsp3) is 0.778. The first-order valence-corrected chi connectivity index (χ1v) is 4.51. The van der Waals surface area contributed by atoms with Crippen molar-refractivity contribution in [2.24, 2.45) is 0 Å². The standard InChI is InChI=1S/C9H16N2O2/c1-3-6-11(7-5-10)8(4-2)9(12)13/h8H,3-4,6-7H2,1-2H3,(H,12,13). The fourth-order valence-corrected chi connectivity index (χ4v) is 1.31. The van der Waals surface area contributed by atoms with Crippen LogP contribution in [-0.4, -0.2) is 35.1 Å². The summed E-state index contributed by atoms with van der Waals surface area (Å²) in [5, 5.41) is 17.4. The smallest absolute Gasteiger partial charge is 0.320 e. The SMILES string of the molecule is CCCN(CC#N)C(CC)C(=O)O. The molecule has 13 heavy (non-hydrogen) atoms. The van der Waals surface area contributed by atoms with Crippen LogP contribution in [0.2, 0.25) is 0 Å². The summed E-state index contributed by atoms with van der Waals surface area (Å²) >= 11 is 0. The number of nitriles is 1. The largest absolute Gasteiger partial charge is 0.480 e. The van der Waals surface area contributed by atoms with E-state index >= 15 is 0 Å². The summed E-state index contributed by atoms with van der Waals surface area (Å²) in [4.78, 5) is 12.5. The van der Waals surface area contributed by atoms with Crippen molar-refractivity contribution in [2.45, 2.75) is 32.7 Å². The number of carbonyl (C=O) groups is 1. The van der Waals surface area contributed by atoms with E-state index in [1.807, 2.05) is 19.9 Å². The number of nitrogens with zero attached hydrogens (tertiary/aromatic N) is 2. The number of aliphatic carboxylic acids is 1. The van der Waals surface area contributed by atoms with Crippen LogP contribution in [0.1, 0.15) is 26.7 Å². The molecule has 0 bridgehead atoms. The molecule has 4 heteroatoms. The number of hydrogen-bond donors (Lipinski definition) is 1. The van der Waals surface area contributed by atoms with Gasteiger partial charge in [-0.25, -0.2) is 0 Å². The highest BCUT2D eigenvalue weighted by Gasteiger charge is 2.22. The molecule has 0 spiro atoms. The normalized spacial score (nSPS) is 12.5. The van der Waals surface area contributed by atoms with Gasteiger partial charge in [0.15, 0.2) is 0 Å². The molecule has 0 amide bonds. The molecule has 1 atom stereocenters. The molecule has 0 aliphatic heterocycles. The molecule has 0 saturated carbocycles. The monoisotopic (exact) mass is 184 g/mol. The molecule has 0 fully saturated rings. The first-order valence-electron chi connectivity index (χ1n) is 4.51. The molecule has 0 aromatic heterocycles. The third-order valence-electron chi connectivity index (χ3n) is 1.90. The van der Waals surface area contributed by atoms with Crippen molar-refractivity contribution in [1.29, 1.82) is 5.26 Å². The van der Waals surface area contributed by atoms with E-state index < -0.39 is 12.0 Å². The summed E-state index contributed by atoms with van der Waals surface area (Å²) in [7, 11) is 0. The van der Waals surface area contributed by atoms with E-state index in [4.69, 9.17) is 10.4 Å². The zero-order valence-corrected chi connectivity index (χ0v) is 8.16. The van der Waals surface area contributed by atoms with Crippen LogP contribution in [0.5, 0.6) is 0 Å². The minimum atomic E-state index is -0.841. The zero-order chi connectivity index (χ0) is 10.3. The molecular weight excluding hydrogens is 168 g/mol. The summed E-state index contributed by atoms with van der Waals surface area (Å²) in [5.74, 6) is -0.841. The van der Waals surface area contributed by atoms with Crippen molar-refractivity contribution < 1.29 is 9.90 Å². The predicted molar refractivity (Wildman–Crippen MR) is 49.2 cm³/mol. The average molecular weight is 184 g/mol. The first-order chi connectivity index (χ1) is 6.17. The van der Waals surface area contributed by atoms with E-state index in [1.54, 1.807) is 4.90 Å². The van der Waals surface area contributed by atoms with Gasteiger partial charge >= 0.3 is 5.97 Å². The molecule has 1 N–H and O–H groups in total. The van der Waals surface area contributed by atoms with E-state index in [0.29, 0.717) is 13.0 Å². The quantitative estimate of drug-likeness (QED) is 0.627. The molecule has 0 heterocycles. The van der Waals surface area contributed by atoms with E-state index in [-0.39, 0.29) is 6.54 Å². The highest BCUT2D eigenvalue weighted by Crippen LogP contribution is 2.04. The second-order valence-corrected chi connectivity index (χ2v) is 2.89. The Morgan fingerprint density at radius 3 is 2.54 bits per heavy atom. The van der Waals surface area contributed by atoms with Gasteiger partial charge in [-0.1, -0.05) is 13.8 Å². The van der Waals surface area contributed by atoms with Gasteiger partial charge in [0.25, 0.3) is 0 Å². The lowest BCUT2D eigenvalue weighted by atomic mass is 10.2. The molecule has 0 aromatic rings. The Labute approximate surface area is 78.8 Å². The van der Waals surface area contributed by atoms with Gasteiger partial charge in [-0.05, 0) is 19.4 Å². The topological polar surface area (TPSA) is 64.3 Å². The molecule has 74 valence electrons.